The Balaban J connectivity index is 2.65. The molecule has 0 fully saturated rings. The number of hydrogen-bond acceptors (Lipinski definition) is 3. The Morgan fingerprint density at radius 3 is 2.89 bits per heavy atom. The predicted molar refractivity (Wildman–Crippen MR) is 71.5 cm³/mol. The fraction of sp³-hybridized carbons (Fsp3) is 0.400. The van der Waals surface area contributed by atoms with Gasteiger partial charge in [-0.25, -0.2) is 0 Å². The molecule has 0 aliphatic carbocycles. The Kier molecular flexibility index (Phi) is 5.94. The summed E-state index contributed by atoms with van der Waals surface area (Å²) in [5.41, 5.74) is 2.07. The standard InChI is InChI=1S/C15H18N2O/c1-13(10-16)11-17(2)12-15-6-3-5-14(9-15)7-4-8-18/h3,5-6,9,13,18H,8,11-12H2,1-2H3. The molecule has 94 valence electrons. The monoisotopic (exact) mass is 242 g/mol. The van der Waals surface area contributed by atoms with Crippen molar-refractivity contribution in [2.24, 2.45) is 5.92 Å². The van der Waals surface area contributed by atoms with Crippen molar-refractivity contribution < 1.29 is 5.11 Å². The minimum Gasteiger partial charge on any atom is -0.384 e. The average molecular weight is 242 g/mol. The highest BCUT2D eigenvalue weighted by Gasteiger charge is 2.05. The predicted octanol–water partition coefficient (Wildman–Crippen LogP) is 1.62. The van der Waals surface area contributed by atoms with Crippen molar-refractivity contribution in [1.82, 2.24) is 4.90 Å². The van der Waals surface area contributed by atoms with E-state index < -0.39 is 0 Å². The molecule has 0 aromatic heterocycles. The van der Waals surface area contributed by atoms with Crippen LogP contribution in [-0.2, 0) is 6.54 Å². The Morgan fingerprint density at radius 1 is 1.44 bits per heavy atom. The van der Waals surface area contributed by atoms with E-state index in [0.29, 0.717) is 0 Å². The van der Waals surface area contributed by atoms with E-state index in [1.807, 2.05) is 38.2 Å². The number of aliphatic hydroxyl groups is 1. The Hall–Kier alpha value is -1.81. The van der Waals surface area contributed by atoms with E-state index in [0.717, 1.165) is 24.2 Å². The average Bonchev–Trinajstić information content (AvgIpc) is 2.36. The molecule has 0 spiro atoms. The number of rotatable bonds is 4. The lowest BCUT2D eigenvalue weighted by atomic mass is 10.1. The molecule has 0 amide bonds. The van der Waals surface area contributed by atoms with Crippen LogP contribution in [0.25, 0.3) is 0 Å². The van der Waals surface area contributed by atoms with Gasteiger partial charge in [0.2, 0.25) is 0 Å². The van der Waals surface area contributed by atoms with Gasteiger partial charge in [-0.05, 0) is 31.7 Å². The summed E-state index contributed by atoms with van der Waals surface area (Å²) < 4.78 is 0. The minimum atomic E-state index is -0.121. The third kappa shape index (κ3) is 5.01. The number of nitriles is 1. The first-order chi connectivity index (χ1) is 8.65. The Labute approximate surface area is 109 Å². The summed E-state index contributed by atoms with van der Waals surface area (Å²) in [6.45, 7) is 3.34. The van der Waals surface area contributed by atoms with Gasteiger partial charge in [-0.3, -0.25) is 0 Å². The van der Waals surface area contributed by atoms with Crippen molar-refractivity contribution in [3.05, 3.63) is 35.4 Å². The van der Waals surface area contributed by atoms with Crippen LogP contribution in [0.15, 0.2) is 24.3 Å². The lowest BCUT2D eigenvalue weighted by Gasteiger charge is -2.17. The second-order valence-electron chi connectivity index (χ2n) is 4.39. The van der Waals surface area contributed by atoms with E-state index in [1.54, 1.807) is 0 Å². The van der Waals surface area contributed by atoms with Crippen LogP contribution in [0.3, 0.4) is 0 Å². The van der Waals surface area contributed by atoms with Gasteiger partial charge in [0.1, 0.15) is 6.61 Å². The maximum Gasteiger partial charge on any atom is 0.104 e. The molecule has 0 aliphatic heterocycles. The van der Waals surface area contributed by atoms with Crippen molar-refractivity contribution in [2.75, 3.05) is 20.2 Å². The molecule has 0 heterocycles. The van der Waals surface area contributed by atoms with Crippen LogP contribution in [0.1, 0.15) is 18.1 Å². The molecule has 18 heavy (non-hydrogen) atoms. The molecule has 0 aliphatic rings. The van der Waals surface area contributed by atoms with Crippen LogP contribution in [0.4, 0.5) is 0 Å². The normalized spacial score (nSPS) is 11.5. The van der Waals surface area contributed by atoms with E-state index in [2.05, 4.69) is 22.8 Å². The quantitative estimate of drug-likeness (QED) is 0.816. The maximum absolute atomic E-state index is 8.77. The summed E-state index contributed by atoms with van der Waals surface area (Å²) in [5.74, 6) is 5.56. The highest BCUT2D eigenvalue weighted by atomic mass is 16.2. The van der Waals surface area contributed by atoms with Crippen LogP contribution in [0, 0.1) is 29.1 Å². The first-order valence-corrected chi connectivity index (χ1v) is 5.92. The molecular weight excluding hydrogens is 224 g/mol. The second-order valence-corrected chi connectivity index (χ2v) is 4.39. The van der Waals surface area contributed by atoms with Crippen molar-refractivity contribution in [3.63, 3.8) is 0 Å². The summed E-state index contributed by atoms with van der Waals surface area (Å²) >= 11 is 0. The lowest BCUT2D eigenvalue weighted by Crippen LogP contribution is -2.23. The topological polar surface area (TPSA) is 47.3 Å². The van der Waals surface area contributed by atoms with Gasteiger partial charge < -0.3 is 10.0 Å². The molecule has 1 atom stereocenters. The fourth-order valence-corrected chi connectivity index (χ4v) is 1.77. The molecule has 0 saturated carbocycles. The maximum atomic E-state index is 8.77. The largest absolute Gasteiger partial charge is 0.384 e. The van der Waals surface area contributed by atoms with Gasteiger partial charge in [0.05, 0.1) is 12.0 Å². The lowest BCUT2D eigenvalue weighted by molar-refractivity contribution is 0.303. The zero-order valence-corrected chi connectivity index (χ0v) is 10.8. The Bertz CT molecular complexity index is 479. The molecule has 0 bridgehead atoms. The number of aliphatic hydroxyl groups excluding tert-OH is 1. The van der Waals surface area contributed by atoms with E-state index in [-0.39, 0.29) is 12.5 Å². The summed E-state index contributed by atoms with van der Waals surface area (Å²) in [6.07, 6.45) is 0. The summed E-state index contributed by atoms with van der Waals surface area (Å²) in [7, 11) is 2.00. The molecular formula is C15H18N2O. The molecule has 3 nitrogen and oxygen atoms in total. The molecule has 0 saturated heterocycles. The molecule has 3 heteroatoms. The number of benzene rings is 1. The third-order valence-corrected chi connectivity index (χ3v) is 2.50. The van der Waals surface area contributed by atoms with Gasteiger partial charge in [-0.15, -0.1) is 0 Å². The molecule has 0 radical (unpaired) electrons. The van der Waals surface area contributed by atoms with Crippen molar-refractivity contribution >= 4 is 0 Å². The second kappa shape index (κ2) is 7.50. The Morgan fingerprint density at radius 2 is 2.22 bits per heavy atom. The van der Waals surface area contributed by atoms with Crippen LogP contribution in [0.5, 0.6) is 0 Å². The van der Waals surface area contributed by atoms with Gasteiger partial charge in [0, 0.05) is 18.7 Å². The molecule has 1 unspecified atom stereocenters. The fourth-order valence-electron chi connectivity index (χ4n) is 1.77. The highest BCUT2D eigenvalue weighted by molar-refractivity contribution is 5.37. The van der Waals surface area contributed by atoms with Crippen molar-refractivity contribution in [2.45, 2.75) is 13.5 Å². The summed E-state index contributed by atoms with van der Waals surface area (Å²) in [4.78, 5) is 2.12. The van der Waals surface area contributed by atoms with Crippen LogP contribution >= 0.6 is 0 Å². The van der Waals surface area contributed by atoms with Crippen LogP contribution < -0.4 is 0 Å². The molecule has 1 N–H and O–H groups in total. The molecule has 1 aromatic carbocycles. The van der Waals surface area contributed by atoms with E-state index in [1.165, 1.54) is 0 Å². The van der Waals surface area contributed by atoms with Crippen LogP contribution in [-0.4, -0.2) is 30.2 Å². The first kappa shape index (κ1) is 14.3. The van der Waals surface area contributed by atoms with Gasteiger partial charge in [-0.2, -0.15) is 5.26 Å². The first-order valence-electron chi connectivity index (χ1n) is 5.92. The number of nitrogens with zero attached hydrogens (tertiary/aromatic N) is 2. The van der Waals surface area contributed by atoms with Crippen molar-refractivity contribution in [3.8, 4) is 17.9 Å². The van der Waals surface area contributed by atoms with E-state index in [4.69, 9.17) is 10.4 Å². The smallest absolute Gasteiger partial charge is 0.104 e. The highest BCUT2D eigenvalue weighted by Crippen LogP contribution is 2.08. The van der Waals surface area contributed by atoms with Gasteiger partial charge in [0.15, 0.2) is 0 Å². The minimum absolute atomic E-state index is 0.0346. The zero-order chi connectivity index (χ0) is 13.4. The summed E-state index contributed by atoms with van der Waals surface area (Å²) in [5, 5.41) is 17.4. The molecule has 1 aromatic rings. The van der Waals surface area contributed by atoms with E-state index >= 15 is 0 Å². The number of hydrogen-bond donors (Lipinski definition) is 1. The van der Waals surface area contributed by atoms with Crippen LogP contribution in [0.2, 0.25) is 0 Å². The van der Waals surface area contributed by atoms with E-state index in [9.17, 15) is 0 Å². The third-order valence-electron chi connectivity index (χ3n) is 2.50. The van der Waals surface area contributed by atoms with Gasteiger partial charge in [-0.1, -0.05) is 24.0 Å². The SMILES string of the molecule is CC(C#N)CN(C)Cc1cccc(C#CCO)c1. The van der Waals surface area contributed by atoms with Gasteiger partial charge >= 0.3 is 0 Å². The zero-order valence-electron chi connectivity index (χ0n) is 10.8. The summed E-state index contributed by atoms with van der Waals surface area (Å²) in [6, 6.07) is 10.2. The van der Waals surface area contributed by atoms with Gasteiger partial charge in [0.25, 0.3) is 0 Å². The molecule has 1 rings (SSSR count). The van der Waals surface area contributed by atoms with Crippen molar-refractivity contribution in [1.29, 1.82) is 5.26 Å².